The van der Waals surface area contributed by atoms with Crippen LogP contribution < -0.4 is 0 Å². The van der Waals surface area contributed by atoms with E-state index in [0.29, 0.717) is 11.4 Å². The Hall–Kier alpha value is -4.23. The number of aromatic nitrogens is 3. The number of benzene rings is 3. The number of nitriles is 1. The zero-order chi connectivity index (χ0) is 19.6. The van der Waals surface area contributed by atoms with Crippen LogP contribution in [0.1, 0.15) is 5.69 Å². The average molecular weight is 372 g/mol. The van der Waals surface area contributed by atoms with Gasteiger partial charge in [-0.05, 0) is 17.7 Å². The van der Waals surface area contributed by atoms with Crippen LogP contribution in [0.5, 0.6) is 0 Å². The van der Waals surface area contributed by atoms with Crippen LogP contribution in [0, 0.1) is 11.3 Å². The number of para-hydroxylation sites is 1. The summed E-state index contributed by atoms with van der Waals surface area (Å²) >= 11 is 0. The van der Waals surface area contributed by atoms with Gasteiger partial charge in [-0.1, -0.05) is 78.9 Å². The second-order valence-electron chi connectivity index (χ2n) is 6.70. The molecule has 4 nitrogen and oxygen atoms in total. The molecule has 0 fully saturated rings. The number of nitrogens with zero attached hydrogens (tertiary/aromatic N) is 4. The normalized spacial score (nSPS) is 10.7. The van der Waals surface area contributed by atoms with Crippen molar-refractivity contribution >= 4 is 10.9 Å². The molecule has 5 rings (SSSR count). The molecule has 0 bridgehead atoms. The Balaban J connectivity index is 1.88. The van der Waals surface area contributed by atoms with Crippen LogP contribution in [-0.2, 0) is 0 Å². The summed E-state index contributed by atoms with van der Waals surface area (Å²) in [5.41, 5.74) is 5.55. The van der Waals surface area contributed by atoms with Gasteiger partial charge in [-0.25, -0.2) is 9.67 Å². The summed E-state index contributed by atoms with van der Waals surface area (Å²) in [6.45, 7) is 0. The number of hydrogen-bond donors (Lipinski definition) is 0. The van der Waals surface area contributed by atoms with Gasteiger partial charge in [0.25, 0.3) is 0 Å². The van der Waals surface area contributed by atoms with E-state index in [1.54, 1.807) is 0 Å². The SMILES string of the molecule is N#Cc1nc(-c2ccccc2)c2nn(-c3ccccc3)cc2c1-c1ccccc1. The lowest BCUT2D eigenvalue weighted by molar-refractivity contribution is 0.896. The molecule has 0 saturated carbocycles. The quantitative estimate of drug-likeness (QED) is 0.413. The molecule has 2 aromatic heterocycles. The standard InChI is InChI=1S/C25H16N4/c26-16-22-23(18-10-4-1-5-11-18)21-17-29(20-14-8-3-9-15-20)28-25(21)24(27-22)19-12-6-2-7-13-19/h1-15,17H. The van der Waals surface area contributed by atoms with Crippen molar-refractivity contribution in [2.45, 2.75) is 0 Å². The topological polar surface area (TPSA) is 54.5 Å². The molecule has 4 heteroatoms. The van der Waals surface area contributed by atoms with E-state index in [9.17, 15) is 5.26 Å². The van der Waals surface area contributed by atoms with Crippen LogP contribution in [0.15, 0.2) is 97.2 Å². The van der Waals surface area contributed by atoms with Gasteiger partial charge in [0.05, 0.1) is 11.4 Å². The van der Waals surface area contributed by atoms with Crippen molar-refractivity contribution in [3.05, 3.63) is 103 Å². The third kappa shape index (κ3) is 2.95. The largest absolute Gasteiger partial charge is 0.240 e. The predicted octanol–water partition coefficient (Wildman–Crippen LogP) is 5.63. The van der Waals surface area contributed by atoms with Crippen LogP contribution in [0.3, 0.4) is 0 Å². The van der Waals surface area contributed by atoms with Gasteiger partial charge >= 0.3 is 0 Å². The van der Waals surface area contributed by atoms with Crippen LogP contribution in [0.4, 0.5) is 0 Å². The molecule has 29 heavy (non-hydrogen) atoms. The van der Waals surface area contributed by atoms with E-state index in [1.165, 1.54) is 0 Å². The van der Waals surface area contributed by atoms with Crippen LogP contribution in [0.2, 0.25) is 0 Å². The lowest BCUT2D eigenvalue weighted by Gasteiger charge is -2.09. The van der Waals surface area contributed by atoms with E-state index in [0.717, 1.165) is 33.3 Å². The summed E-state index contributed by atoms with van der Waals surface area (Å²) in [6, 6.07) is 32.0. The van der Waals surface area contributed by atoms with Gasteiger partial charge in [-0.15, -0.1) is 0 Å². The summed E-state index contributed by atoms with van der Waals surface area (Å²) in [7, 11) is 0. The highest BCUT2D eigenvalue weighted by Gasteiger charge is 2.20. The maximum Gasteiger partial charge on any atom is 0.149 e. The molecule has 5 aromatic rings. The molecule has 0 aliphatic rings. The fourth-order valence-electron chi connectivity index (χ4n) is 3.57. The van der Waals surface area contributed by atoms with Gasteiger partial charge in [0.15, 0.2) is 0 Å². The van der Waals surface area contributed by atoms with Crippen molar-refractivity contribution in [3.63, 3.8) is 0 Å². The molecule has 3 aromatic carbocycles. The monoisotopic (exact) mass is 372 g/mol. The van der Waals surface area contributed by atoms with Crippen LogP contribution in [0.25, 0.3) is 39.0 Å². The molecule has 0 aliphatic heterocycles. The lowest BCUT2D eigenvalue weighted by atomic mass is 9.98. The highest BCUT2D eigenvalue weighted by atomic mass is 15.3. The molecule has 0 amide bonds. The Morgan fingerprint density at radius 3 is 1.93 bits per heavy atom. The van der Waals surface area contributed by atoms with Crippen LogP contribution >= 0.6 is 0 Å². The molecule has 0 unspecified atom stereocenters. The Morgan fingerprint density at radius 2 is 1.31 bits per heavy atom. The number of hydrogen-bond acceptors (Lipinski definition) is 3. The molecule has 0 N–H and O–H groups in total. The zero-order valence-corrected chi connectivity index (χ0v) is 15.5. The number of rotatable bonds is 3. The van der Waals surface area contributed by atoms with Crippen LogP contribution in [-0.4, -0.2) is 14.8 Å². The summed E-state index contributed by atoms with van der Waals surface area (Å²) in [4.78, 5) is 4.74. The highest BCUT2D eigenvalue weighted by molar-refractivity contribution is 6.02. The first-order chi connectivity index (χ1) is 14.3. The Morgan fingerprint density at radius 1 is 0.724 bits per heavy atom. The lowest BCUT2D eigenvalue weighted by Crippen LogP contribution is -1.96. The molecule has 0 radical (unpaired) electrons. The fourth-order valence-corrected chi connectivity index (χ4v) is 3.57. The molecule has 2 heterocycles. The second-order valence-corrected chi connectivity index (χ2v) is 6.70. The number of fused-ring (bicyclic) bond motifs is 1. The van der Waals surface area contributed by atoms with Crippen molar-refractivity contribution < 1.29 is 0 Å². The summed E-state index contributed by atoms with van der Waals surface area (Å²) in [6.07, 6.45) is 1.99. The second kappa shape index (κ2) is 7.06. The van der Waals surface area contributed by atoms with Crippen molar-refractivity contribution in [1.82, 2.24) is 14.8 Å². The first kappa shape index (κ1) is 16.9. The van der Waals surface area contributed by atoms with Gasteiger partial charge in [0, 0.05) is 22.7 Å². The van der Waals surface area contributed by atoms with Gasteiger partial charge in [0.1, 0.15) is 17.3 Å². The van der Waals surface area contributed by atoms with E-state index in [1.807, 2.05) is 102 Å². The molecule has 0 atom stereocenters. The third-order valence-corrected chi connectivity index (χ3v) is 4.90. The highest BCUT2D eigenvalue weighted by Crippen LogP contribution is 2.36. The van der Waals surface area contributed by atoms with Gasteiger partial charge in [0.2, 0.25) is 0 Å². The van der Waals surface area contributed by atoms with E-state index < -0.39 is 0 Å². The molecule has 0 aliphatic carbocycles. The minimum atomic E-state index is 0.398. The van der Waals surface area contributed by atoms with Gasteiger partial charge in [-0.3, -0.25) is 0 Å². The fraction of sp³-hybridized carbons (Fsp3) is 0. The van der Waals surface area contributed by atoms with E-state index in [-0.39, 0.29) is 0 Å². The average Bonchev–Trinajstić information content (AvgIpc) is 3.25. The van der Waals surface area contributed by atoms with Crippen molar-refractivity contribution in [1.29, 1.82) is 5.26 Å². The molecule has 136 valence electrons. The van der Waals surface area contributed by atoms with E-state index >= 15 is 0 Å². The summed E-state index contributed by atoms with van der Waals surface area (Å²) < 4.78 is 1.85. The van der Waals surface area contributed by atoms with Crippen molar-refractivity contribution in [2.24, 2.45) is 0 Å². The first-order valence-corrected chi connectivity index (χ1v) is 9.35. The minimum Gasteiger partial charge on any atom is -0.240 e. The molecule has 0 spiro atoms. The smallest absolute Gasteiger partial charge is 0.149 e. The van der Waals surface area contributed by atoms with Gasteiger partial charge < -0.3 is 0 Å². The zero-order valence-electron chi connectivity index (χ0n) is 15.5. The van der Waals surface area contributed by atoms with Gasteiger partial charge in [-0.2, -0.15) is 10.4 Å². The molecule has 0 saturated heterocycles. The maximum absolute atomic E-state index is 9.89. The Bertz CT molecular complexity index is 1330. The minimum absolute atomic E-state index is 0.398. The summed E-state index contributed by atoms with van der Waals surface area (Å²) in [5.74, 6) is 0. The Kier molecular flexibility index (Phi) is 4.12. The molecular weight excluding hydrogens is 356 g/mol. The maximum atomic E-state index is 9.89. The summed E-state index contributed by atoms with van der Waals surface area (Å²) in [5, 5.41) is 15.7. The first-order valence-electron chi connectivity index (χ1n) is 9.35. The third-order valence-electron chi connectivity index (χ3n) is 4.90. The molecular formula is C25H16N4. The van der Waals surface area contributed by atoms with E-state index in [4.69, 9.17) is 10.1 Å². The Labute approximate surface area is 168 Å². The number of pyridine rings is 1. The predicted molar refractivity (Wildman–Crippen MR) is 114 cm³/mol. The van der Waals surface area contributed by atoms with E-state index in [2.05, 4.69) is 6.07 Å². The van der Waals surface area contributed by atoms with Crippen molar-refractivity contribution in [2.75, 3.05) is 0 Å². The van der Waals surface area contributed by atoms with Crippen molar-refractivity contribution in [3.8, 4) is 34.1 Å².